The summed E-state index contributed by atoms with van der Waals surface area (Å²) in [4.78, 5) is 7.94. The van der Waals surface area contributed by atoms with Crippen LogP contribution in [0.2, 0.25) is 0 Å². The molecule has 0 saturated carbocycles. The Balaban J connectivity index is 0.00000168. The average Bonchev–Trinajstić information content (AvgIpc) is 3.20. The fourth-order valence-electron chi connectivity index (χ4n) is 5.27. The Hall–Kier alpha value is -2.88. The maximum absolute atomic E-state index is 12.7. The number of alkyl halides is 3. The van der Waals surface area contributed by atoms with Gasteiger partial charge in [-0.05, 0) is 86.7 Å². The van der Waals surface area contributed by atoms with Crippen molar-refractivity contribution in [1.82, 2.24) is 15.3 Å². The summed E-state index contributed by atoms with van der Waals surface area (Å²) in [5.74, 6) is 1.65. The quantitative estimate of drug-likeness (QED) is 0.295. The molecule has 38 heavy (non-hydrogen) atoms. The number of hydrogen-bond acceptors (Lipinski definition) is 5. The lowest BCUT2D eigenvalue weighted by Crippen LogP contribution is -2.40. The molecule has 4 aromatic rings. The molecular weight excluding hydrogens is 542 g/mol. The van der Waals surface area contributed by atoms with Gasteiger partial charge >= 0.3 is 6.36 Å². The summed E-state index contributed by atoms with van der Waals surface area (Å²) >= 11 is 0. The van der Waals surface area contributed by atoms with Crippen LogP contribution in [0.1, 0.15) is 23.4 Å². The molecule has 0 radical (unpaired) electrons. The Morgan fingerprint density at radius 3 is 2.74 bits per heavy atom. The second-order valence-electron chi connectivity index (χ2n) is 9.57. The molecule has 0 amide bonds. The van der Waals surface area contributed by atoms with E-state index in [0.29, 0.717) is 19.1 Å². The van der Waals surface area contributed by atoms with Crippen molar-refractivity contribution in [1.29, 1.82) is 0 Å². The van der Waals surface area contributed by atoms with E-state index in [1.54, 1.807) is 6.07 Å². The topological polar surface area (TPSA) is 68.4 Å². The Labute approximate surface area is 230 Å². The molecule has 0 unspecified atom stereocenters. The Bertz CT molecular complexity index is 1440. The van der Waals surface area contributed by atoms with E-state index < -0.39 is 6.36 Å². The van der Waals surface area contributed by atoms with E-state index in [4.69, 9.17) is 9.47 Å². The van der Waals surface area contributed by atoms with Gasteiger partial charge in [-0.1, -0.05) is 0 Å². The summed E-state index contributed by atoms with van der Waals surface area (Å²) in [7, 11) is 0. The number of halogens is 5. The Morgan fingerprint density at radius 2 is 1.92 bits per heavy atom. The minimum atomic E-state index is -4.70. The van der Waals surface area contributed by atoms with Crippen molar-refractivity contribution in [3.63, 3.8) is 0 Å². The van der Waals surface area contributed by atoms with Crippen molar-refractivity contribution >= 4 is 46.6 Å². The van der Waals surface area contributed by atoms with Gasteiger partial charge in [-0.3, -0.25) is 4.98 Å². The third-order valence-corrected chi connectivity index (χ3v) is 6.93. The van der Waals surface area contributed by atoms with Crippen LogP contribution in [0.3, 0.4) is 0 Å². The molecule has 1 aliphatic carbocycles. The van der Waals surface area contributed by atoms with Crippen LogP contribution in [0.4, 0.5) is 13.2 Å². The largest absolute Gasteiger partial charge is 0.573 e. The van der Waals surface area contributed by atoms with Crippen LogP contribution in [-0.2, 0) is 12.8 Å². The number of benzene rings is 2. The summed E-state index contributed by atoms with van der Waals surface area (Å²) in [6.07, 6.45) is -2.18. The van der Waals surface area contributed by atoms with E-state index in [2.05, 4.69) is 20.0 Å². The van der Waals surface area contributed by atoms with Gasteiger partial charge in [-0.2, -0.15) is 0 Å². The van der Waals surface area contributed by atoms with Gasteiger partial charge < -0.3 is 24.5 Å². The fraction of sp³-hybridized carbons (Fsp3) is 0.370. The molecule has 6 rings (SSSR count). The molecule has 0 saturated heterocycles. The van der Waals surface area contributed by atoms with E-state index in [9.17, 15) is 13.2 Å². The van der Waals surface area contributed by atoms with Crippen molar-refractivity contribution in [2.24, 2.45) is 5.92 Å². The smallest absolute Gasteiger partial charge is 0.486 e. The predicted octanol–water partition coefficient (Wildman–Crippen LogP) is 6.30. The Kier molecular flexibility index (Phi) is 8.20. The van der Waals surface area contributed by atoms with Crippen LogP contribution in [0, 0.1) is 12.8 Å². The minimum Gasteiger partial charge on any atom is -0.486 e. The number of aryl methyl sites for hydroxylation is 2. The van der Waals surface area contributed by atoms with Gasteiger partial charge in [0.05, 0.1) is 5.52 Å². The van der Waals surface area contributed by atoms with Crippen molar-refractivity contribution in [3.05, 3.63) is 59.4 Å². The minimum absolute atomic E-state index is 0. The second-order valence-corrected chi connectivity index (χ2v) is 9.57. The van der Waals surface area contributed by atoms with Crippen LogP contribution in [-0.4, -0.2) is 42.1 Å². The first-order valence-electron chi connectivity index (χ1n) is 12.1. The van der Waals surface area contributed by atoms with E-state index in [-0.39, 0.29) is 36.7 Å². The van der Waals surface area contributed by atoms with E-state index >= 15 is 0 Å². The summed E-state index contributed by atoms with van der Waals surface area (Å²) in [5.41, 5.74) is 4.85. The molecule has 1 aliphatic heterocycles. The van der Waals surface area contributed by atoms with Crippen LogP contribution >= 0.6 is 24.8 Å². The average molecular weight is 570 g/mol. The maximum Gasteiger partial charge on any atom is 0.573 e. The van der Waals surface area contributed by atoms with Gasteiger partial charge in [0.2, 0.25) is 0 Å². The van der Waals surface area contributed by atoms with Crippen LogP contribution in [0.15, 0.2) is 42.5 Å². The molecule has 6 nitrogen and oxygen atoms in total. The molecule has 2 aliphatic rings. The van der Waals surface area contributed by atoms with Crippen molar-refractivity contribution in [2.75, 3.05) is 19.7 Å². The van der Waals surface area contributed by atoms with Crippen molar-refractivity contribution < 1.29 is 27.4 Å². The lowest BCUT2D eigenvalue weighted by atomic mass is 9.86. The molecule has 2 N–H and O–H groups in total. The number of fused-ring (bicyclic) bond motifs is 6. The highest BCUT2D eigenvalue weighted by Gasteiger charge is 2.32. The number of hydrogen-bond donors (Lipinski definition) is 2. The first kappa shape index (κ1) is 28.1. The number of pyridine rings is 1. The van der Waals surface area contributed by atoms with Gasteiger partial charge in [0.15, 0.2) is 11.5 Å². The monoisotopic (exact) mass is 569 g/mol. The number of nitrogens with one attached hydrogen (secondary N) is 2. The molecule has 0 spiro atoms. The summed E-state index contributed by atoms with van der Waals surface area (Å²) in [6, 6.07) is 12.3. The molecular formula is C27H28Cl2F3N3O3. The number of aromatic nitrogens is 2. The van der Waals surface area contributed by atoms with Gasteiger partial charge in [0, 0.05) is 34.2 Å². The molecule has 2 atom stereocenters. The van der Waals surface area contributed by atoms with Gasteiger partial charge in [0.25, 0.3) is 0 Å². The molecule has 2 aromatic carbocycles. The zero-order valence-electron chi connectivity index (χ0n) is 20.6. The first-order chi connectivity index (χ1) is 17.3. The normalized spacial score (nSPS) is 18.4. The zero-order valence-corrected chi connectivity index (χ0v) is 22.2. The van der Waals surface area contributed by atoms with Gasteiger partial charge in [0.1, 0.15) is 18.5 Å². The lowest BCUT2D eigenvalue weighted by Gasteiger charge is -2.29. The van der Waals surface area contributed by atoms with E-state index in [1.165, 1.54) is 12.1 Å². The number of ether oxygens (including phenoxy) is 3. The standard InChI is InChI=1S/C27H26F3N3O3.2ClH/c1-15-2-5-19-22(32-15)8-9-25-26(19)35-18(14-34-25)13-31-12-16-3-6-23-20(10-16)21-11-17(36-27(28,29)30)4-7-24(21)33-23;;/h2,4-5,7-9,11,16,18,31,33H,3,6,10,12-14H2,1H3;2*1H/t16-,18-;;/m0../s1. The summed E-state index contributed by atoms with van der Waals surface area (Å²) in [5, 5.41) is 5.26. The third kappa shape index (κ3) is 5.75. The Morgan fingerprint density at radius 1 is 1.08 bits per heavy atom. The highest BCUT2D eigenvalue weighted by atomic mass is 35.5. The van der Waals surface area contributed by atoms with Crippen LogP contribution in [0.25, 0.3) is 21.8 Å². The van der Waals surface area contributed by atoms with Crippen LogP contribution in [0.5, 0.6) is 17.2 Å². The highest BCUT2D eigenvalue weighted by molar-refractivity contribution is 5.88. The number of nitrogens with zero attached hydrogens (tertiary/aromatic N) is 1. The number of aromatic amines is 1. The zero-order chi connectivity index (χ0) is 24.9. The fourth-order valence-corrected chi connectivity index (χ4v) is 5.27. The van der Waals surface area contributed by atoms with Crippen LogP contribution < -0.4 is 19.5 Å². The van der Waals surface area contributed by atoms with E-state index in [0.717, 1.165) is 76.1 Å². The highest BCUT2D eigenvalue weighted by Crippen LogP contribution is 2.38. The van der Waals surface area contributed by atoms with Gasteiger partial charge in [-0.15, -0.1) is 38.0 Å². The summed E-state index contributed by atoms with van der Waals surface area (Å²) < 4.78 is 54.4. The van der Waals surface area contributed by atoms with Gasteiger partial charge in [-0.25, -0.2) is 0 Å². The lowest BCUT2D eigenvalue weighted by molar-refractivity contribution is -0.274. The second kappa shape index (κ2) is 11.1. The molecule has 2 aromatic heterocycles. The third-order valence-electron chi connectivity index (χ3n) is 6.93. The number of H-pyrrole nitrogens is 1. The molecule has 3 heterocycles. The van der Waals surface area contributed by atoms with Crippen molar-refractivity contribution in [3.8, 4) is 17.2 Å². The molecule has 0 fully saturated rings. The molecule has 204 valence electrons. The summed E-state index contributed by atoms with van der Waals surface area (Å²) in [6.45, 7) is 3.84. The molecule has 11 heteroatoms. The SMILES string of the molecule is Cc1ccc2c3c(ccc2n1)OC[C@H](CNC[C@H]1CCc2[nH]c4ccc(OC(F)(F)F)cc4c2C1)O3.Cl.Cl. The predicted molar refractivity (Wildman–Crippen MR) is 144 cm³/mol. The maximum atomic E-state index is 12.7. The molecule has 0 bridgehead atoms. The first-order valence-corrected chi connectivity index (χ1v) is 12.1. The van der Waals surface area contributed by atoms with Crippen molar-refractivity contribution in [2.45, 2.75) is 38.7 Å². The number of rotatable bonds is 5. The van der Waals surface area contributed by atoms with E-state index in [1.807, 2.05) is 31.2 Å².